The number of hydrogen-bond acceptors (Lipinski definition) is 5. The third kappa shape index (κ3) is 3.95. The summed E-state index contributed by atoms with van der Waals surface area (Å²) in [4.78, 5) is 12.1. The second-order valence-corrected chi connectivity index (χ2v) is 9.34. The molecule has 1 saturated carbocycles. The van der Waals surface area contributed by atoms with E-state index >= 15 is 0 Å². The van der Waals surface area contributed by atoms with E-state index in [2.05, 4.69) is 38.6 Å². The molecule has 0 unspecified atom stereocenters. The first-order chi connectivity index (χ1) is 16.2. The van der Waals surface area contributed by atoms with Gasteiger partial charge in [-0.3, -0.25) is 4.40 Å². The summed E-state index contributed by atoms with van der Waals surface area (Å²) < 4.78 is 8.22. The topological polar surface area (TPSA) is 68.7 Å². The number of likely N-dealkylation sites (tertiary alicyclic amines) is 1. The van der Waals surface area contributed by atoms with Crippen LogP contribution in [-0.4, -0.2) is 38.9 Å². The molecule has 2 aromatic heterocycles. The van der Waals surface area contributed by atoms with E-state index in [1.165, 1.54) is 38.9 Å². The van der Waals surface area contributed by atoms with Crippen molar-refractivity contribution in [2.75, 3.05) is 25.4 Å². The van der Waals surface area contributed by atoms with Crippen LogP contribution < -0.4 is 10.5 Å². The van der Waals surface area contributed by atoms with E-state index < -0.39 is 0 Å². The Labute approximate surface area is 194 Å². The molecule has 2 N–H and O–H groups in total. The smallest absolute Gasteiger partial charge is 0.150 e. The van der Waals surface area contributed by atoms with Crippen molar-refractivity contribution in [3.63, 3.8) is 0 Å². The molecule has 1 saturated heterocycles. The van der Waals surface area contributed by atoms with Crippen molar-refractivity contribution < 1.29 is 4.74 Å². The fourth-order valence-corrected chi connectivity index (χ4v) is 5.08. The molecule has 2 fully saturated rings. The molecule has 6 heteroatoms. The van der Waals surface area contributed by atoms with Crippen LogP contribution in [0.4, 0.5) is 5.82 Å². The first kappa shape index (κ1) is 20.2. The van der Waals surface area contributed by atoms with Gasteiger partial charge in [0.15, 0.2) is 0 Å². The molecule has 6 nitrogen and oxygen atoms in total. The Kier molecular flexibility index (Phi) is 5.23. The van der Waals surface area contributed by atoms with E-state index in [0.717, 1.165) is 39.8 Å². The summed E-state index contributed by atoms with van der Waals surface area (Å²) in [6.45, 7) is 4.30. The van der Waals surface area contributed by atoms with Crippen LogP contribution in [0.15, 0.2) is 67.0 Å². The lowest BCUT2D eigenvalue weighted by atomic mass is 9.74. The van der Waals surface area contributed by atoms with Crippen molar-refractivity contribution in [3.05, 3.63) is 78.4 Å². The molecule has 0 amide bonds. The molecule has 33 heavy (non-hydrogen) atoms. The van der Waals surface area contributed by atoms with Gasteiger partial charge in [0.1, 0.15) is 35.2 Å². The highest BCUT2D eigenvalue weighted by Crippen LogP contribution is 2.44. The van der Waals surface area contributed by atoms with Crippen molar-refractivity contribution >= 4 is 11.3 Å². The molecule has 0 bridgehead atoms. The molecule has 4 aromatic rings. The minimum atomic E-state index is 0.469. The molecule has 0 radical (unpaired) electrons. The van der Waals surface area contributed by atoms with Crippen LogP contribution in [0, 0.1) is 5.92 Å². The van der Waals surface area contributed by atoms with Crippen LogP contribution in [0.1, 0.15) is 36.6 Å². The normalized spacial score (nSPS) is 20.4. The van der Waals surface area contributed by atoms with E-state index in [1.54, 1.807) is 6.20 Å². The SMILES string of the molecule is Nc1nccn2c1c(-c1cccc(OCc3ccccc3)c1)nc2[C@H]1C[C@H](CN2CCC2)C1. The number of nitrogens with zero attached hydrogens (tertiary/aromatic N) is 4. The van der Waals surface area contributed by atoms with E-state index in [0.29, 0.717) is 18.3 Å². The number of hydrogen-bond donors (Lipinski definition) is 1. The van der Waals surface area contributed by atoms with E-state index in [9.17, 15) is 0 Å². The van der Waals surface area contributed by atoms with Crippen LogP contribution >= 0.6 is 0 Å². The highest BCUT2D eigenvalue weighted by molar-refractivity contribution is 5.85. The maximum absolute atomic E-state index is 6.35. The summed E-state index contributed by atoms with van der Waals surface area (Å²) in [5.41, 5.74) is 10.3. The number of nitrogens with two attached hydrogens (primary N) is 1. The zero-order chi connectivity index (χ0) is 22.2. The molecular weight excluding hydrogens is 410 g/mol. The Morgan fingerprint density at radius 3 is 2.67 bits per heavy atom. The molecule has 2 aliphatic rings. The monoisotopic (exact) mass is 439 g/mol. The first-order valence-corrected chi connectivity index (χ1v) is 11.9. The lowest BCUT2D eigenvalue weighted by Gasteiger charge is -2.41. The third-order valence-corrected chi connectivity index (χ3v) is 7.03. The Balaban J connectivity index is 1.27. The van der Waals surface area contributed by atoms with E-state index in [4.69, 9.17) is 15.5 Å². The van der Waals surface area contributed by atoms with Gasteiger partial charge in [-0.15, -0.1) is 0 Å². The van der Waals surface area contributed by atoms with Crippen LogP contribution in [-0.2, 0) is 6.61 Å². The Morgan fingerprint density at radius 1 is 1.03 bits per heavy atom. The van der Waals surface area contributed by atoms with E-state index in [1.807, 2.05) is 36.5 Å². The summed E-state index contributed by atoms with van der Waals surface area (Å²) in [6.07, 6.45) is 7.50. The highest BCUT2D eigenvalue weighted by Gasteiger charge is 2.36. The number of anilines is 1. The zero-order valence-electron chi connectivity index (χ0n) is 18.7. The van der Waals surface area contributed by atoms with E-state index in [-0.39, 0.29) is 0 Å². The first-order valence-electron chi connectivity index (χ1n) is 11.9. The lowest BCUT2D eigenvalue weighted by Crippen LogP contribution is -2.43. The standard InChI is InChI=1S/C27H29N5O/c28-26-25-24(21-8-4-9-23(16-21)33-18-19-6-2-1-3-7-19)30-27(32(25)13-10-29-26)22-14-20(15-22)17-31-11-5-12-31/h1-4,6-10,13,16,20,22H,5,11-12,14-15,17-18H2,(H2,28,29)/t20-,22-. The molecule has 0 atom stereocenters. The van der Waals surface area contributed by atoms with Crippen molar-refractivity contribution in [2.24, 2.45) is 5.92 Å². The van der Waals surface area contributed by atoms with Crippen molar-refractivity contribution in [3.8, 4) is 17.0 Å². The van der Waals surface area contributed by atoms with Gasteiger partial charge < -0.3 is 15.4 Å². The summed E-state index contributed by atoms with van der Waals surface area (Å²) in [7, 11) is 0. The number of fused-ring (bicyclic) bond motifs is 1. The summed E-state index contributed by atoms with van der Waals surface area (Å²) in [5.74, 6) is 3.68. The zero-order valence-corrected chi connectivity index (χ0v) is 18.7. The fraction of sp³-hybridized carbons (Fsp3) is 0.333. The van der Waals surface area contributed by atoms with Crippen LogP contribution in [0.2, 0.25) is 0 Å². The molecule has 6 rings (SSSR count). The van der Waals surface area contributed by atoms with Crippen LogP contribution in [0.25, 0.3) is 16.8 Å². The molecular formula is C27H29N5O. The maximum atomic E-state index is 6.35. The number of ether oxygens (including phenoxy) is 1. The number of aromatic nitrogens is 3. The number of benzene rings is 2. The predicted octanol–water partition coefficient (Wildman–Crippen LogP) is 4.76. The fourth-order valence-electron chi connectivity index (χ4n) is 5.08. The molecule has 2 aromatic carbocycles. The number of rotatable bonds is 7. The van der Waals surface area contributed by atoms with Gasteiger partial charge in [0.2, 0.25) is 0 Å². The van der Waals surface area contributed by atoms with Gasteiger partial charge in [0.25, 0.3) is 0 Å². The average Bonchev–Trinajstić information content (AvgIpc) is 3.17. The quantitative estimate of drug-likeness (QED) is 0.450. The minimum absolute atomic E-state index is 0.469. The van der Waals surface area contributed by atoms with Gasteiger partial charge >= 0.3 is 0 Å². The van der Waals surface area contributed by atoms with Gasteiger partial charge in [-0.2, -0.15) is 0 Å². The second kappa shape index (κ2) is 8.52. The number of nitrogen functional groups attached to an aromatic ring is 1. The summed E-state index contributed by atoms with van der Waals surface area (Å²) in [5, 5.41) is 0. The minimum Gasteiger partial charge on any atom is -0.489 e. The van der Waals surface area contributed by atoms with Gasteiger partial charge in [-0.1, -0.05) is 42.5 Å². The summed E-state index contributed by atoms with van der Waals surface area (Å²) in [6, 6.07) is 18.3. The predicted molar refractivity (Wildman–Crippen MR) is 130 cm³/mol. The van der Waals surface area contributed by atoms with Crippen molar-refractivity contribution in [1.29, 1.82) is 0 Å². The van der Waals surface area contributed by atoms with Crippen molar-refractivity contribution in [2.45, 2.75) is 31.8 Å². The molecule has 1 aliphatic heterocycles. The average molecular weight is 440 g/mol. The van der Waals surface area contributed by atoms with Crippen LogP contribution in [0.5, 0.6) is 5.75 Å². The third-order valence-electron chi connectivity index (χ3n) is 7.03. The van der Waals surface area contributed by atoms with Gasteiger partial charge in [-0.25, -0.2) is 9.97 Å². The Bertz CT molecular complexity index is 1260. The lowest BCUT2D eigenvalue weighted by molar-refractivity contribution is 0.107. The molecule has 168 valence electrons. The van der Waals surface area contributed by atoms with Crippen molar-refractivity contribution in [1.82, 2.24) is 19.3 Å². The van der Waals surface area contributed by atoms with Gasteiger partial charge in [-0.05, 0) is 56.0 Å². The highest BCUT2D eigenvalue weighted by atomic mass is 16.5. The van der Waals surface area contributed by atoms with Crippen LogP contribution in [0.3, 0.4) is 0 Å². The van der Waals surface area contributed by atoms with Gasteiger partial charge in [0.05, 0.1) is 0 Å². The molecule has 0 spiro atoms. The Morgan fingerprint density at radius 2 is 1.88 bits per heavy atom. The summed E-state index contributed by atoms with van der Waals surface area (Å²) >= 11 is 0. The molecule has 1 aliphatic carbocycles. The second-order valence-electron chi connectivity index (χ2n) is 9.34. The Hall–Kier alpha value is -3.38. The number of imidazole rings is 1. The largest absolute Gasteiger partial charge is 0.489 e. The molecule has 3 heterocycles. The van der Waals surface area contributed by atoms with Gasteiger partial charge in [0, 0.05) is 30.4 Å². The maximum Gasteiger partial charge on any atom is 0.150 e.